The number of methoxy groups -OCH3 is 1. The molecule has 0 saturated carbocycles. The minimum Gasteiger partial charge on any atom is -0.493 e. The van der Waals surface area contributed by atoms with Crippen LogP contribution in [0.1, 0.15) is 22.8 Å². The van der Waals surface area contributed by atoms with E-state index in [4.69, 9.17) is 19.7 Å². The molecule has 0 atom stereocenters. The lowest BCUT2D eigenvalue weighted by Gasteiger charge is -2.13. The number of carbonyl (C=O) groups is 3. The van der Waals surface area contributed by atoms with E-state index in [1.807, 2.05) is 0 Å². The van der Waals surface area contributed by atoms with Gasteiger partial charge in [-0.15, -0.1) is 0 Å². The van der Waals surface area contributed by atoms with Gasteiger partial charge in [-0.25, -0.2) is 9.59 Å². The van der Waals surface area contributed by atoms with Crippen molar-refractivity contribution < 1.29 is 34.1 Å². The number of aliphatic carboxylic acids is 1. The molecule has 0 aromatic heterocycles. The van der Waals surface area contributed by atoms with Crippen molar-refractivity contribution in [2.75, 3.05) is 18.7 Å². The molecule has 3 rings (SSSR count). The minimum absolute atomic E-state index is 0.105. The van der Waals surface area contributed by atoms with E-state index in [1.54, 1.807) is 25.1 Å². The van der Waals surface area contributed by atoms with E-state index < -0.39 is 18.5 Å². The molecule has 2 aromatic rings. The lowest BCUT2D eigenvalue weighted by atomic mass is 10.1. The summed E-state index contributed by atoms with van der Waals surface area (Å²) in [5.74, 6) is -2.02. The van der Waals surface area contributed by atoms with Gasteiger partial charge >= 0.3 is 11.9 Å². The van der Waals surface area contributed by atoms with Crippen molar-refractivity contribution in [1.82, 2.24) is 0 Å². The molecular weight excluding hydrogens is 472 g/mol. The smallest absolute Gasteiger partial charge is 0.341 e. The van der Waals surface area contributed by atoms with E-state index >= 15 is 0 Å². The van der Waals surface area contributed by atoms with Crippen molar-refractivity contribution in [3.8, 4) is 11.5 Å². The van der Waals surface area contributed by atoms with Gasteiger partial charge in [-0.3, -0.25) is 4.79 Å². The Labute approximate surface area is 185 Å². The Morgan fingerprint density at radius 2 is 1.84 bits per heavy atom. The number of carboxylic acids is 2. The van der Waals surface area contributed by atoms with Crippen LogP contribution in [0, 0.1) is 0 Å². The molecule has 2 N–H and O–H groups in total. The first-order valence-electron chi connectivity index (χ1n) is 8.88. The number of halogens is 1. The van der Waals surface area contributed by atoms with Gasteiger partial charge in [0.1, 0.15) is 0 Å². The van der Waals surface area contributed by atoms with E-state index in [0.717, 1.165) is 0 Å². The average molecular weight is 489 g/mol. The zero-order valence-corrected chi connectivity index (χ0v) is 18.0. The van der Waals surface area contributed by atoms with Crippen molar-refractivity contribution in [3.05, 3.63) is 57.6 Å². The Bertz CT molecular complexity index is 1120. The highest BCUT2D eigenvalue weighted by Crippen LogP contribution is 2.35. The molecular formula is C21H17BrN2O7. The van der Waals surface area contributed by atoms with Gasteiger partial charge in [0.15, 0.2) is 18.1 Å². The first-order chi connectivity index (χ1) is 14.7. The molecule has 0 bridgehead atoms. The van der Waals surface area contributed by atoms with Crippen molar-refractivity contribution in [2.24, 2.45) is 5.10 Å². The number of hydrazone groups is 1. The van der Waals surface area contributed by atoms with Gasteiger partial charge < -0.3 is 19.7 Å². The number of carbonyl (C=O) groups excluding carboxylic acids is 1. The summed E-state index contributed by atoms with van der Waals surface area (Å²) in [4.78, 5) is 34.7. The second-order valence-corrected chi connectivity index (χ2v) is 7.27. The predicted molar refractivity (Wildman–Crippen MR) is 116 cm³/mol. The van der Waals surface area contributed by atoms with E-state index in [-0.39, 0.29) is 17.2 Å². The Morgan fingerprint density at radius 3 is 2.42 bits per heavy atom. The SMILES string of the molecule is COc1cc(C=C2C(=O)N(c3ccc(C(=O)O)cc3)N=C2C)c(Br)cc1OCC(=O)O. The molecule has 31 heavy (non-hydrogen) atoms. The van der Waals surface area contributed by atoms with Crippen LogP contribution in [0.2, 0.25) is 0 Å². The minimum atomic E-state index is -1.12. The fourth-order valence-corrected chi connectivity index (χ4v) is 3.27. The van der Waals surface area contributed by atoms with Crippen LogP contribution in [-0.2, 0) is 9.59 Å². The van der Waals surface area contributed by atoms with Gasteiger partial charge in [0.25, 0.3) is 5.91 Å². The number of aromatic carboxylic acids is 1. The maximum Gasteiger partial charge on any atom is 0.341 e. The summed E-state index contributed by atoms with van der Waals surface area (Å²) in [7, 11) is 1.42. The van der Waals surface area contributed by atoms with Crippen molar-refractivity contribution in [1.29, 1.82) is 0 Å². The molecule has 1 aliphatic rings. The van der Waals surface area contributed by atoms with E-state index in [9.17, 15) is 14.4 Å². The summed E-state index contributed by atoms with van der Waals surface area (Å²) < 4.78 is 11.1. The van der Waals surface area contributed by atoms with E-state index in [0.29, 0.717) is 32.8 Å². The van der Waals surface area contributed by atoms with Crippen LogP contribution in [0.4, 0.5) is 5.69 Å². The molecule has 160 valence electrons. The van der Waals surface area contributed by atoms with Gasteiger partial charge in [0.05, 0.1) is 29.6 Å². The van der Waals surface area contributed by atoms with E-state index in [1.165, 1.54) is 36.4 Å². The normalized spacial score (nSPS) is 14.5. The van der Waals surface area contributed by atoms with Crippen molar-refractivity contribution in [2.45, 2.75) is 6.92 Å². The number of hydrogen-bond acceptors (Lipinski definition) is 6. The third-order valence-corrected chi connectivity index (χ3v) is 5.04. The number of ether oxygens (including phenoxy) is 2. The van der Waals surface area contributed by atoms with Crippen molar-refractivity contribution in [3.63, 3.8) is 0 Å². The molecule has 0 radical (unpaired) electrons. The number of carboxylic acid groups (broad SMARTS) is 2. The third kappa shape index (κ3) is 4.75. The Balaban J connectivity index is 1.91. The van der Waals surface area contributed by atoms with Crippen LogP contribution in [0.15, 0.2) is 51.5 Å². The summed E-state index contributed by atoms with van der Waals surface area (Å²) in [6.07, 6.45) is 1.63. The van der Waals surface area contributed by atoms with Crippen LogP contribution < -0.4 is 14.5 Å². The number of amides is 1. The average Bonchev–Trinajstić information content (AvgIpc) is 3.01. The molecule has 10 heteroatoms. The summed E-state index contributed by atoms with van der Waals surface area (Å²) in [5, 5.41) is 23.3. The number of benzene rings is 2. The summed E-state index contributed by atoms with van der Waals surface area (Å²) in [6.45, 7) is 1.16. The second-order valence-electron chi connectivity index (χ2n) is 6.42. The summed E-state index contributed by atoms with van der Waals surface area (Å²) in [5.41, 5.74) is 1.95. The predicted octanol–water partition coefficient (Wildman–Crippen LogP) is 3.43. The molecule has 1 heterocycles. The van der Waals surface area contributed by atoms with Crippen LogP contribution in [0.25, 0.3) is 6.08 Å². The summed E-state index contributed by atoms with van der Waals surface area (Å²) >= 11 is 3.40. The Morgan fingerprint density at radius 1 is 1.16 bits per heavy atom. The molecule has 0 fully saturated rings. The maximum atomic E-state index is 12.9. The highest BCUT2D eigenvalue weighted by molar-refractivity contribution is 9.10. The first kappa shape index (κ1) is 22.0. The Kier molecular flexibility index (Phi) is 6.40. The maximum absolute atomic E-state index is 12.9. The summed E-state index contributed by atoms with van der Waals surface area (Å²) in [6, 6.07) is 8.98. The third-order valence-electron chi connectivity index (χ3n) is 4.36. The molecule has 2 aromatic carbocycles. The first-order valence-corrected chi connectivity index (χ1v) is 9.67. The molecule has 0 aliphatic carbocycles. The standard InChI is InChI=1S/C21H17BrN2O7/c1-11-15(20(27)24(23-11)14-5-3-12(4-6-14)21(28)29)7-13-8-17(30-2)18(9-16(13)22)31-10-19(25)26/h3-9H,10H2,1-2H3,(H,25,26)(H,28,29). The van der Waals surface area contributed by atoms with Crippen molar-refractivity contribution >= 4 is 51.3 Å². The zero-order chi connectivity index (χ0) is 22.7. The Hall–Kier alpha value is -3.66. The number of hydrogen-bond donors (Lipinski definition) is 2. The lowest BCUT2D eigenvalue weighted by Crippen LogP contribution is -2.21. The van der Waals surface area contributed by atoms with E-state index in [2.05, 4.69) is 21.0 Å². The fourth-order valence-electron chi connectivity index (χ4n) is 2.83. The fraction of sp³-hybridized carbons (Fsp3) is 0.143. The number of anilines is 1. The van der Waals surface area contributed by atoms with Crippen LogP contribution in [0.3, 0.4) is 0 Å². The second kappa shape index (κ2) is 9.00. The van der Waals surface area contributed by atoms with Crippen LogP contribution >= 0.6 is 15.9 Å². The molecule has 0 unspecified atom stereocenters. The monoisotopic (exact) mass is 488 g/mol. The molecule has 9 nitrogen and oxygen atoms in total. The molecule has 1 amide bonds. The van der Waals surface area contributed by atoms with Gasteiger partial charge in [-0.2, -0.15) is 10.1 Å². The van der Waals surface area contributed by atoms with Gasteiger partial charge in [0, 0.05) is 4.47 Å². The van der Waals surface area contributed by atoms with Gasteiger partial charge in [0.2, 0.25) is 0 Å². The van der Waals surface area contributed by atoms with Gasteiger partial charge in [-0.05, 0) is 55.0 Å². The zero-order valence-electron chi connectivity index (χ0n) is 16.5. The lowest BCUT2D eigenvalue weighted by molar-refractivity contribution is -0.139. The highest BCUT2D eigenvalue weighted by Gasteiger charge is 2.29. The molecule has 0 saturated heterocycles. The molecule has 1 aliphatic heterocycles. The number of nitrogens with zero attached hydrogens (tertiary/aromatic N) is 2. The van der Waals surface area contributed by atoms with Gasteiger partial charge in [-0.1, -0.05) is 15.9 Å². The van der Waals surface area contributed by atoms with Crippen LogP contribution in [0.5, 0.6) is 11.5 Å². The molecule has 0 spiro atoms. The van der Waals surface area contributed by atoms with Crippen LogP contribution in [-0.4, -0.2) is 47.5 Å². The number of rotatable bonds is 7. The topological polar surface area (TPSA) is 126 Å². The largest absolute Gasteiger partial charge is 0.493 e. The highest BCUT2D eigenvalue weighted by atomic mass is 79.9. The quantitative estimate of drug-likeness (QED) is 0.571.